The summed E-state index contributed by atoms with van der Waals surface area (Å²) in [6, 6.07) is 78.3. The Bertz CT molecular complexity index is 4460. The quantitative estimate of drug-likeness (QED) is 0.166. The number of rotatable bonds is 4. The van der Waals surface area contributed by atoms with Crippen LogP contribution in [0.25, 0.3) is 153 Å². The standard InChI is InChI=1S/C64H36O3/c1-3-20-42-40(18-1)58(41-19-2-4-21-43(41)60(42)52-29-13-26-48-38-16-9-11-31-54(38)66-63(48)52)37-34-35-50-57(36-37)65-56-33-15-28-51(62(50)56)59-44-22-5-7-24-46(44)61(47-25-8-6-23-45(47)59)53-30-14-27-49-39-17-10-12-32-55(39)67-64(49)53/h1-36H. The van der Waals surface area contributed by atoms with Gasteiger partial charge in [0.15, 0.2) is 0 Å². The van der Waals surface area contributed by atoms with Gasteiger partial charge in [0, 0.05) is 54.6 Å². The lowest BCUT2D eigenvalue weighted by atomic mass is 9.84. The smallest absolute Gasteiger partial charge is 0.143 e. The summed E-state index contributed by atoms with van der Waals surface area (Å²) in [7, 11) is 0. The summed E-state index contributed by atoms with van der Waals surface area (Å²) >= 11 is 0. The van der Waals surface area contributed by atoms with Crippen molar-refractivity contribution in [1.82, 2.24) is 0 Å². The summed E-state index contributed by atoms with van der Waals surface area (Å²) in [4.78, 5) is 0. The highest BCUT2D eigenvalue weighted by Crippen LogP contribution is 2.51. The number of fused-ring (bicyclic) bond motifs is 13. The van der Waals surface area contributed by atoms with Gasteiger partial charge in [-0.15, -0.1) is 0 Å². The van der Waals surface area contributed by atoms with E-state index in [1.807, 2.05) is 12.1 Å². The van der Waals surface area contributed by atoms with Crippen LogP contribution in [-0.2, 0) is 0 Å². The molecular weight excluding hydrogens is 817 g/mol. The molecular formula is C64H36O3. The fourth-order valence-electron chi connectivity index (χ4n) is 11.5. The largest absolute Gasteiger partial charge is 0.456 e. The second kappa shape index (κ2) is 13.8. The van der Waals surface area contributed by atoms with E-state index in [9.17, 15) is 0 Å². The monoisotopic (exact) mass is 852 g/mol. The van der Waals surface area contributed by atoms with Crippen molar-refractivity contribution >= 4 is 109 Å². The number of hydrogen-bond acceptors (Lipinski definition) is 3. The van der Waals surface area contributed by atoms with Crippen LogP contribution in [0.3, 0.4) is 0 Å². The van der Waals surface area contributed by atoms with Gasteiger partial charge in [-0.05, 0) is 95.7 Å². The molecule has 3 heterocycles. The molecule has 0 fully saturated rings. The second-order valence-electron chi connectivity index (χ2n) is 17.7. The maximum atomic E-state index is 6.94. The van der Waals surface area contributed by atoms with E-state index in [-0.39, 0.29) is 0 Å². The van der Waals surface area contributed by atoms with Gasteiger partial charge in [0.25, 0.3) is 0 Å². The van der Waals surface area contributed by atoms with Crippen molar-refractivity contribution < 1.29 is 13.3 Å². The van der Waals surface area contributed by atoms with Gasteiger partial charge in [0.1, 0.15) is 33.5 Å². The van der Waals surface area contributed by atoms with Crippen LogP contribution in [0.1, 0.15) is 0 Å². The first-order valence-corrected chi connectivity index (χ1v) is 22.9. The molecule has 0 spiro atoms. The molecule has 0 N–H and O–H groups in total. The van der Waals surface area contributed by atoms with E-state index >= 15 is 0 Å². The number of hydrogen-bond donors (Lipinski definition) is 0. The summed E-state index contributed by atoms with van der Waals surface area (Å²) in [5, 5.41) is 16.1. The van der Waals surface area contributed by atoms with Crippen molar-refractivity contribution in [2.45, 2.75) is 0 Å². The van der Waals surface area contributed by atoms with Crippen LogP contribution in [0, 0.1) is 0 Å². The van der Waals surface area contributed by atoms with Crippen molar-refractivity contribution in [2.24, 2.45) is 0 Å². The Kier molecular flexibility index (Phi) is 7.50. The normalized spacial score (nSPS) is 12.2. The molecule has 3 heteroatoms. The minimum absolute atomic E-state index is 0.853. The first-order valence-electron chi connectivity index (χ1n) is 22.9. The van der Waals surface area contributed by atoms with Gasteiger partial charge in [0.2, 0.25) is 0 Å². The van der Waals surface area contributed by atoms with Crippen LogP contribution < -0.4 is 0 Å². The molecule has 0 aliphatic rings. The van der Waals surface area contributed by atoms with E-state index in [0.717, 1.165) is 88.1 Å². The van der Waals surface area contributed by atoms with Crippen molar-refractivity contribution in [2.75, 3.05) is 0 Å². The minimum Gasteiger partial charge on any atom is -0.456 e. The number of para-hydroxylation sites is 4. The van der Waals surface area contributed by atoms with Crippen LogP contribution in [0.2, 0.25) is 0 Å². The fourth-order valence-corrected chi connectivity index (χ4v) is 11.5. The first-order chi connectivity index (χ1) is 33.3. The van der Waals surface area contributed by atoms with Crippen LogP contribution in [0.5, 0.6) is 0 Å². The molecule has 67 heavy (non-hydrogen) atoms. The highest BCUT2D eigenvalue weighted by Gasteiger charge is 2.24. The highest BCUT2D eigenvalue weighted by molar-refractivity contribution is 6.28. The van der Waals surface area contributed by atoms with Gasteiger partial charge in [-0.1, -0.05) is 188 Å². The summed E-state index contributed by atoms with van der Waals surface area (Å²) in [6.45, 7) is 0. The molecule has 0 saturated heterocycles. The summed E-state index contributed by atoms with van der Waals surface area (Å²) in [5.41, 5.74) is 14.5. The molecule has 0 aliphatic carbocycles. The molecule has 3 nitrogen and oxygen atoms in total. The summed E-state index contributed by atoms with van der Waals surface area (Å²) in [5.74, 6) is 0. The van der Waals surface area contributed by atoms with Gasteiger partial charge in [-0.3, -0.25) is 0 Å². The summed E-state index contributed by atoms with van der Waals surface area (Å²) < 4.78 is 20.3. The van der Waals surface area contributed by atoms with E-state index in [0.29, 0.717) is 0 Å². The molecule has 12 aromatic carbocycles. The summed E-state index contributed by atoms with van der Waals surface area (Å²) in [6.07, 6.45) is 0. The van der Waals surface area contributed by atoms with Crippen LogP contribution in [-0.4, -0.2) is 0 Å². The molecule has 15 aromatic rings. The number of furan rings is 3. The zero-order valence-electron chi connectivity index (χ0n) is 36.0. The lowest BCUT2D eigenvalue weighted by Gasteiger charge is -2.18. The first kappa shape index (κ1) is 36.4. The van der Waals surface area contributed by atoms with Gasteiger partial charge >= 0.3 is 0 Å². The zero-order chi connectivity index (χ0) is 43.7. The molecule has 0 saturated carbocycles. The number of benzene rings is 12. The maximum Gasteiger partial charge on any atom is 0.143 e. The van der Waals surface area contributed by atoms with Crippen molar-refractivity contribution in [1.29, 1.82) is 0 Å². The van der Waals surface area contributed by atoms with E-state index in [1.165, 1.54) is 65.3 Å². The topological polar surface area (TPSA) is 39.4 Å². The lowest BCUT2D eigenvalue weighted by molar-refractivity contribution is 0.669. The minimum atomic E-state index is 0.853. The Labute approximate surface area is 383 Å². The molecule has 15 rings (SSSR count). The van der Waals surface area contributed by atoms with Gasteiger partial charge < -0.3 is 13.3 Å². The Balaban J connectivity index is 0.957. The van der Waals surface area contributed by atoms with Crippen molar-refractivity contribution in [3.05, 3.63) is 218 Å². The fraction of sp³-hybridized carbons (Fsp3) is 0. The molecule has 0 bridgehead atoms. The Morgan fingerprint density at radius 3 is 1.04 bits per heavy atom. The predicted octanol–water partition coefficient (Wildman–Crippen LogP) is 18.7. The van der Waals surface area contributed by atoms with E-state index in [2.05, 4.69) is 206 Å². The SMILES string of the molecule is c1ccc2c(c1)oc1c(-c3c4ccccc4c(-c4ccc5c(c4)oc4cccc(-c6c7ccccc7c(-c7cccc8c7oc7ccccc78)c7ccccc67)c45)c4ccccc34)cccc12. The van der Waals surface area contributed by atoms with Crippen molar-refractivity contribution in [3.63, 3.8) is 0 Å². The molecule has 0 radical (unpaired) electrons. The van der Waals surface area contributed by atoms with E-state index in [1.54, 1.807) is 0 Å². The molecule has 0 aliphatic heterocycles. The highest BCUT2D eigenvalue weighted by atomic mass is 16.3. The van der Waals surface area contributed by atoms with Crippen LogP contribution in [0.4, 0.5) is 0 Å². The molecule has 0 amide bonds. The molecule has 0 unspecified atom stereocenters. The van der Waals surface area contributed by atoms with Crippen molar-refractivity contribution in [3.8, 4) is 44.5 Å². The average Bonchev–Trinajstić information content (AvgIpc) is 4.09. The third kappa shape index (κ3) is 5.11. The van der Waals surface area contributed by atoms with E-state index in [4.69, 9.17) is 13.3 Å². The maximum absolute atomic E-state index is 6.94. The lowest BCUT2D eigenvalue weighted by Crippen LogP contribution is -1.92. The zero-order valence-corrected chi connectivity index (χ0v) is 36.0. The third-order valence-corrected chi connectivity index (χ3v) is 14.3. The van der Waals surface area contributed by atoms with Gasteiger partial charge in [0.05, 0.1) is 0 Å². The Morgan fingerprint density at radius 1 is 0.209 bits per heavy atom. The van der Waals surface area contributed by atoms with Gasteiger partial charge in [-0.2, -0.15) is 0 Å². The average molecular weight is 853 g/mol. The van der Waals surface area contributed by atoms with Crippen LogP contribution in [0.15, 0.2) is 232 Å². The Hall–Kier alpha value is -8.92. The van der Waals surface area contributed by atoms with E-state index < -0.39 is 0 Å². The molecule has 0 atom stereocenters. The second-order valence-corrected chi connectivity index (χ2v) is 17.7. The third-order valence-electron chi connectivity index (χ3n) is 14.3. The molecule has 3 aromatic heterocycles. The Morgan fingerprint density at radius 2 is 0.567 bits per heavy atom. The van der Waals surface area contributed by atoms with Gasteiger partial charge in [-0.25, -0.2) is 0 Å². The predicted molar refractivity (Wildman–Crippen MR) is 280 cm³/mol. The molecule has 310 valence electrons. The van der Waals surface area contributed by atoms with Crippen LogP contribution >= 0.6 is 0 Å².